The van der Waals surface area contributed by atoms with Crippen LogP contribution in [0.5, 0.6) is 0 Å². The maximum Gasteiger partial charge on any atom is 0.493 e. The van der Waals surface area contributed by atoms with Gasteiger partial charge in [0, 0.05) is 86.5 Å². The lowest BCUT2D eigenvalue weighted by molar-refractivity contribution is 0.00624. The highest BCUT2D eigenvalue weighted by Gasteiger charge is 2.47. The van der Waals surface area contributed by atoms with Crippen molar-refractivity contribution in [3.63, 3.8) is 0 Å². The molecule has 3 aliphatic heterocycles. The van der Waals surface area contributed by atoms with Crippen LogP contribution in [0.1, 0.15) is 96.9 Å². The molecule has 2 aromatic carbocycles. The lowest BCUT2D eigenvalue weighted by Crippen LogP contribution is -2.56. The van der Waals surface area contributed by atoms with Crippen molar-refractivity contribution in [1.29, 1.82) is 0 Å². The number of anilines is 4. The number of nitrogen functional groups attached to an aromatic ring is 2. The first kappa shape index (κ1) is 49.4. The summed E-state index contributed by atoms with van der Waals surface area (Å²) < 4.78 is 35.3. The van der Waals surface area contributed by atoms with Crippen LogP contribution in [-0.2, 0) is 27.9 Å². The zero-order chi connectivity index (χ0) is 42.7. The minimum Gasteiger partial charge on any atom is -0.413 e. The fourth-order valence-corrected chi connectivity index (χ4v) is 7.11. The largest absolute Gasteiger partial charge is 0.493 e. The van der Waals surface area contributed by atoms with Gasteiger partial charge in [-0.3, -0.25) is 0 Å². The van der Waals surface area contributed by atoms with Crippen molar-refractivity contribution in [2.24, 2.45) is 39.9 Å². The highest BCUT2D eigenvalue weighted by Crippen LogP contribution is 2.30. The van der Waals surface area contributed by atoms with Crippen LogP contribution in [0.25, 0.3) is 0 Å². The summed E-state index contributed by atoms with van der Waals surface area (Å²) in [6.07, 6.45) is 0. The van der Waals surface area contributed by atoms with Crippen molar-refractivity contribution >= 4 is 65.3 Å². The number of rotatable bonds is 12. The minimum atomic E-state index is -0.371. The fraction of sp³-hybridized carbons (Fsp3) is 0.721. The van der Waals surface area contributed by atoms with Gasteiger partial charge in [0.15, 0.2) is 0 Å². The fourth-order valence-electron chi connectivity index (χ4n) is 6.74. The van der Waals surface area contributed by atoms with E-state index < -0.39 is 0 Å². The second-order valence-corrected chi connectivity index (χ2v) is 21.2. The topological polar surface area (TPSA) is 114 Å². The summed E-state index contributed by atoms with van der Waals surface area (Å²) in [6.45, 7) is 38.9. The molecule has 0 radical (unpaired) electrons. The van der Waals surface area contributed by atoms with E-state index in [1.165, 1.54) is 0 Å². The van der Waals surface area contributed by atoms with Gasteiger partial charge < -0.3 is 49.2 Å². The van der Waals surface area contributed by atoms with Gasteiger partial charge in [0.05, 0.1) is 22.7 Å². The van der Waals surface area contributed by atoms with Crippen molar-refractivity contribution in [2.45, 2.75) is 96.9 Å². The Hall–Kier alpha value is -1.93. The van der Waals surface area contributed by atoms with Crippen LogP contribution in [0.2, 0.25) is 0 Å². The van der Waals surface area contributed by atoms with Crippen LogP contribution in [0.4, 0.5) is 22.7 Å². The van der Waals surface area contributed by atoms with E-state index in [1.54, 1.807) is 0 Å². The van der Waals surface area contributed by atoms with Crippen molar-refractivity contribution in [3.05, 3.63) is 40.9 Å². The molecule has 0 bridgehead atoms. The highest BCUT2D eigenvalue weighted by molar-refractivity contribution is 9.10. The van der Waals surface area contributed by atoms with Crippen LogP contribution in [0.3, 0.4) is 0 Å². The number of halogens is 1. The Balaban J connectivity index is 0.000000236. The number of benzene rings is 2. The van der Waals surface area contributed by atoms with Gasteiger partial charge in [0.2, 0.25) is 0 Å². The third-order valence-electron chi connectivity index (χ3n) is 9.36. The summed E-state index contributed by atoms with van der Waals surface area (Å²) in [6, 6.07) is 12.3. The van der Waals surface area contributed by atoms with Crippen LogP contribution < -0.4 is 26.7 Å². The molecule has 4 N–H and O–H groups in total. The molecule has 0 aliphatic carbocycles. The smallest absolute Gasteiger partial charge is 0.413 e. The molecule has 0 unspecified atom stereocenters. The zero-order valence-corrected chi connectivity index (χ0v) is 39.5. The Morgan fingerprint density at radius 1 is 0.526 bits per heavy atom. The molecule has 3 heterocycles. The molecule has 320 valence electrons. The maximum absolute atomic E-state index is 6.38. The summed E-state index contributed by atoms with van der Waals surface area (Å²) in [5.74, 6) is 2.46. The first-order valence-corrected chi connectivity index (χ1v) is 21.9. The molecule has 2 aromatic rings. The molecule has 14 heteroatoms. The number of nitrogens with zero attached hydrogens (tertiary/aromatic N) is 2. The molecular weight excluding hydrogens is 781 g/mol. The second kappa shape index (κ2) is 22.1. The predicted molar refractivity (Wildman–Crippen MR) is 247 cm³/mol. The van der Waals surface area contributed by atoms with E-state index in [9.17, 15) is 0 Å². The van der Waals surface area contributed by atoms with Gasteiger partial charge in [-0.05, 0) is 59.5 Å². The van der Waals surface area contributed by atoms with E-state index >= 15 is 0 Å². The average Bonchev–Trinajstić information content (AvgIpc) is 3.08. The standard InChI is InChI=1S/C19H33BN2O2.C14H23BrN2.C10H20B2O4/c1-14(2)10-22(11-15(3)4)18-8-7-16(9-17(18)21)20-23-12-19(5,6)13-24-20;1-10(2)8-17(9-11(3)4)14-6-5-12(15)7-13(14)16;1-9(2)5-13-11(14-6-9)12-15-7-10(3,4)8-16-12/h7-9,14-15H,10-13,21H2,1-6H3;5-7,10-11H,8-9,16H2,1-4H3;5-8H2,1-4H3. The molecule has 0 saturated carbocycles. The summed E-state index contributed by atoms with van der Waals surface area (Å²) in [5, 5.41) is 0. The monoisotopic (exact) mass is 857 g/mol. The summed E-state index contributed by atoms with van der Waals surface area (Å²) in [7, 11) is -1.05. The van der Waals surface area contributed by atoms with Gasteiger partial charge in [-0.2, -0.15) is 0 Å². The Kier molecular flexibility index (Phi) is 19.1. The average molecular weight is 857 g/mol. The SMILES string of the molecule is CC(C)CN(CC(C)C)c1ccc(B2OCC(C)(C)CO2)cc1N.CC(C)CN(CC(C)C)c1ccc(Br)cc1N.CC1(C)COB(B2OCC(C)(C)CO2)OC1. The van der Waals surface area contributed by atoms with E-state index in [-0.39, 0.29) is 37.4 Å². The van der Waals surface area contributed by atoms with Gasteiger partial charge in [0.25, 0.3) is 0 Å². The van der Waals surface area contributed by atoms with Crippen molar-refractivity contribution in [1.82, 2.24) is 0 Å². The summed E-state index contributed by atoms with van der Waals surface area (Å²) >= 11 is 3.45. The second-order valence-electron chi connectivity index (χ2n) is 20.3. The van der Waals surface area contributed by atoms with Crippen molar-refractivity contribution < 1.29 is 27.9 Å². The Bertz CT molecular complexity index is 1440. The van der Waals surface area contributed by atoms with Gasteiger partial charge in [-0.25, -0.2) is 0 Å². The lowest BCUT2D eigenvalue weighted by atomic mass is 9.47. The van der Waals surface area contributed by atoms with Crippen LogP contribution >= 0.6 is 15.9 Å². The molecule has 3 fully saturated rings. The van der Waals surface area contributed by atoms with Crippen LogP contribution in [0, 0.1) is 39.9 Å². The number of hydrogen-bond donors (Lipinski definition) is 2. The molecule has 3 saturated heterocycles. The summed E-state index contributed by atoms with van der Waals surface area (Å²) in [5.41, 5.74) is 17.6. The molecular formula is C43H76B3BrN4O6. The first-order valence-electron chi connectivity index (χ1n) is 21.1. The Labute approximate surface area is 356 Å². The third kappa shape index (κ3) is 17.3. The first-order chi connectivity index (χ1) is 26.5. The van der Waals surface area contributed by atoms with E-state index in [1.807, 2.05) is 12.1 Å². The predicted octanol–water partition coefficient (Wildman–Crippen LogP) is 8.49. The van der Waals surface area contributed by atoms with Crippen LogP contribution in [-0.4, -0.2) is 87.0 Å². The van der Waals surface area contributed by atoms with Crippen molar-refractivity contribution in [3.8, 4) is 0 Å². The Morgan fingerprint density at radius 2 is 0.842 bits per heavy atom. The molecule has 5 rings (SSSR count). The molecule has 57 heavy (non-hydrogen) atoms. The van der Waals surface area contributed by atoms with Crippen molar-refractivity contribution in [2.75, 3.05) is 87.1 Å². The minimum absolute atomic E-state index is 0.0767. The van der Waals surface area contributed by atoms with Gasteiger partial charge in [-0.15, -0.1) is 0 Å². The quantitative estimate of drug-likeness (QED) is 0.159. The zero-order valence-electron chi connectivity index (χ0n) is 38.0. The maximum atomic E-state index is 6.38. The number of hydrogen-bond acceptors (Lipinski definition) is 10. The normalized spacial score (nSPS) is 19.0. The molecule has 3 aliphatic rings. The van der Waals surface area contributed by atoms with Gasteiger partial charge in [0.1, 0.15) is 0 Å². The van der Waals surface area contributed by atoms with Crippen LogP contribution in [0.15, 0.2) is 40.9 Å². The van der Waals surface area contributed by atoms with E-state index in [4.69, 9.17) is 39.4 Å². The van der Waals surface area contributed by atoms with E-state index in [0.717, 1.165) is 58.9 Å². The van der Waals surface area contributed by atoms with E-state index in [0.29, 0.717) is 63.3 Å². The molecule has 0 atom stereocenters. The summed E-state index contributed by atoms with van der Waals surface area (Å²) in [4.78, 5) is 4.78. The molecule has 0 spiro atoms. The Morgan fingerprint density at radius 3 is 1.16 bits per heavy atom. The lowest BCUT2D eigenvalue weighted by Gasteiger charge is -2.38. The molecule has 0 amide bonds. The number of nitrogens with two attached hydrogens (primary N) is 2. The highest BCUT2D eigenvalue weighted by atomic mass is 79.9. The van der Waals surface area contributed by atoms with Gasteiger partial charge in [-0.1, -0.05) is 119 Å². The third-order valence-corrected chi connectivity index (χ3v) is 9.86. The van der Waals surface area contributed by atoms with Gasteiger partial charge >= 0.3 is 21.1 Å². The molecule has 10 nitrogen and oxygen atoms in total. The van der Waals surface area contributed by atoms with E-state index in [2.05, 4.69) is 147 Å². The molecule has 0 aromatic heterocycles.